The average molecular weight is 302 g/mol. The highest BCUT2D eigenvalue weighted by molar-refractivity contribution is 4.83. The molecular formula is C18H38O3. The van der Waals surface area contributed by atoms with Gasteiger partial charge in [-0.15, -0.1) is 0 Å². The van der Waals surface area contributed by atoms with E-state index in [-0.39, 0.29) is 6.42 Å². The molecule has 0 heterocycles. The topological polar surface area (TPSA) is 60.7 Å². The number of aliphatic hydroxyl groups is 3. The number of hydrogen-bond acceptors (Lipinski definition) is 3. The van der Waals surface area contributed by atoms with Gasteiger partial charge in [-0.25, -0.2) is 0 Å². The molecule has 0 aromatic heterocycles. The summed E-state index contributed by atoms with van der Waals surface area (Å²) < 4.78 is 0. The summed E-state index contributed by atoms with van der Waals surface area (Å²) in [6.45, 7) is 7.30. The van der Waals surface area contributed by atoms with Gasteiger partial charge in [-0.05, 0) is 27.2 Å². The van der Waals surface area contributed by atoms with Gasteiger partial charge in [-0.2, -0.15) is 0 Å². The molecular weight excluding hydrogens is 264 g/mol. The summed E-state index contributed by atoms with van der Waals surface area (Å²) in [5, 5.41) is 30.0. The molecule has 3 N–H and O–H groups in total. The highest BCUT2D eigenvalue weighted by atomic mass is 16.3. The molecule has 3 nitrogen and oxygen atoms in total. The lowest BCUT2D eigenvalue weighted by Gasteiger charge is -2.31. The fraction of sp³-hybridized carbons (Fsp3) is 1.00. The summed E-state index contributed by atoms with van der Waals surface area (Å²) in [6, 6.07) is 0. The molecule has 0 aromatic rings. The van der Waals surface area contributed by atoms with E-state index in [1.807, 2.05) is 0 Å². The smallest absolute Gasteiger partial charge is 0.0671 e. The van der Waals surface area contributed by atoms with Gasteiger partial charge in [0.15, 0.2) is 0 Å². The largest absolute Gasteiger partial charge is 0.393 e. The van der Waals surface area contributed by atoms with Crippen molar-refractivity contribution in [2.24, 2.45) is 0 Å². The fourth-order valence-electron chi connectivity index (χ4n) is 3.13. The fourth-order valence-corrected chi connectivity index (χ4v) is 3.13. The minimum atomic E-state index is -1.00. The Morgan fingerprint density at radius 2 is 1.29 bits per heavy atom. The second kappa shape index (κ2) is 10.6. The zero-order chi connectivity index (χ0) is 16.4. The normalized spacial score (nSPS) is 16.7. The monoisotopic (exact) mass is 302 g/mol. The molecule has 2 atom stereocenters. The maximum atomic E-state index is 10.2. The third-order valence-electron chi connectivity index (χ3n) is 3.88. The van der Waals surface area contributed by atoms with E-state index in [0.717, 1.165) is 19.3 Å². The van der Waals surface area contributed by atoms with E-state index >= 15 is 0 Å². The summed E-state index contributed by atoms with van der Waals surface area (Å²) in [7, 11) is 0. The van der Waals surface area contributed by atoms with E-state index in [2.05, 4.69) is 6.92 Å². The number of unbranched alkanes of at least 4 members (excludes halogenated alkanes) is 7. The SMILES string of the molecule is CCCCCCCCCCC(O)CC(C)(O)CC(C)(C)O. The summed E-state index contributed by atoms with van der Waals surface area (Å²) in [5.41, 5.74) is -1.90. The Bertz CT molecular complexity index is 243. The van der Waals surface area contributed by atoms with Crippen LogP contribution in [-0.2, 0) is 0 Å². The minimum Gasteiger partial charge on any atom is -0.393 e. The van der Waals surface area contributed by atoms with E-state index in [1.54, 1.807) is 20.8 Å². The standard InChI is InChI=1S/C18H38O3/c1-5-6-7-8-9-10-11-12-13-16(19)14-18(4,21)15-17(2,3)20/h16,19-21H,5-15H2,1-4H3. The number of aliphatic hydroxyl groups excluding tert-OH is 1. The van der Waals surface area contributed by atoms with Gasteiger partial charge in [0.1, 0.15) is 0 Å². The summed E-state index contributed by atoms with van der Waals surface area (Å²) >= 11 is 0. The van der Waals surface area contributed by atoms with E-state index in [1.165, 1.54) is 38.5 Å². The lowest BCUT2D eigenvalue weighted by molar-refractivity contribution is -0.0605. The van der Waals surface area contributed by atoms with Gasteiger partial charge in [-0.3, -0.25) is 0 Å². The Labute approximate surface area is 131 Å². The molecule has 0 aliphatic rings. The van der Waals surface area contributed by atoms with Crippen molar-refractivity contribution < 1.29 is 15.3 Å². The molecule has 0 aliphatic heterocycles. The molecule has 0 spiro atoms. The number of rotatable bonds is 13. The van der Waals surface area contributed by atoms with Gasteiger partial charge < -0.3 is 15.3 Å². The van der Waals surface area contributed by atoms with Gasteiger partial charge >= 0.3 is 0 Å². The van der Waals surface area contributed by atoms with Crippen molar-refractivity contribution in [3.63, 3.8) is 0 Å². The van der Waals surface area contributed by atoms with Crippen LogP contribution >= 0.6 is 0 Å². The molecule has 0 amide bonds. The first-order chi connectivity index (χ1) is 9.66. The number of hydrogen-bond donors (Lipinski definition) is 3. The van der Waals surface area contributed by atoms with E-state index in [0.29, 0.717) is 6.42 Å². The highest BCUT2D eigenvalue weighted by Gasteiger charge is 2.30. The predicted octanol–water partition coefficient (Wildman–Crippen LogP) is 4.18. The molecule has 0 rings (SSSR count). The Hall–Kier alpha value is -0.120. The zero-order valence-corrected chi connectivity index (χ0v) is 14.7. The molecule has 3 heteroatoms. The average Bonchev–Trinajstić information content (AvgIpc) is 2.28. The molecule has 0 saturated carbocycles. The van der Waals surface area contributed by atoms with Crippen LogP contribution in [0.15, 0.2) is 0 Å². The van der Waals surface area contributed by atoms with E-state index in [4.69, 9.17) is 0 Å². The molecule has 0 aromatic carbocycles. The van der Waals surface area contributed by atoms with Crippen LogP contribution < -0.4 is 0 Å². The molecule has 2 unspecified atom stereocenters. The summed E-state index contributed by atoms with van der Waals surface area (Å²) in [4.78, 5) is 0. The van der Waals surface area contributed by atoms with Crippen LogP contribution in [0.3, 0.4) is 0 Å². The van der Waals surface area contributed by atoms with Crippen molar-refractivity contribution in [3.05, 3.63) is 0 Å². The van der Waals surface area contributed by atoms with Crippen LogP contribution in [0.4, 0.5) is 0 Å². The molecule has 0 aliphatic carbocycles. The Kier molecular flexibility index (Phi) is 10.5. The van der Waals surface area contributed by atoms with Gasteiger partial charge in [0, 0.05) is 12.8 Å². The Balaban J connectivity index is 3.64. The van der Waals surface area contributed by atoms with Gasteiger partial charge in [0.25, 0.3) is 0 Å². The van der Waals surface area contributed by atoms with Crippen molar-refractivity contribution in [3.8, 4) is 0 Å². The molecule has 21 heavy (non-hydrogen) atoms. The molecule has 0 saturated heterocycles. The third kappa shape index (κ3) is 14.6. The van der Waals surface area contributed by atoms with Gasteiger partial charge in [0.05, 0.1) is 17.3 Å². The van der Waals surface area contributed by atoms with E-state index in [9.17, 15) is 15.3 Å². The first kappa shape index (κ1) is 20.9. The van der Waals surface area contributed by atoms with Crippen LogP contribution in [0.1, 0.15) is 98.3 Å². The Morgan fingerprint density at radius 1 is 0.810 bits per heavy atom. The maximum Gasteiger partial charge on any atom is 0.0671 e. The van der Waals surface area contributed by atoms with Gasteiger partial charge in [-0.1, -0.05) is 58.3 Å². The lowest BCUT2D eigenvalue weighted by atomic mass is 9.85. The van der Waals surface area contributed by atoms with Crippen LogP contribution in [0, 0.1) is 0 Å². The van der Waals surface area contributed by atoms with Crippen molar-refractivity contribution in [2.45, 2.75) is 116 Å². The maximum absolute atomic E-state index is 10.2. The quantitative estimate of drug-likeness (QED) is 0.447. The molecule has 0 fully saturated rings. The van der Waals surface area contributed by atoms with Crippen LogP contribution in [0.5, 0.6) is 0 Å². The van der Waals surface area contributed by atoms with Crippen LogP contribution in [0.2, 0.25) is 0 Å². The minimum absolute atomic E-state index is 0.286. The summed E-state index contributed by atoms with van der Waals surface area (Å²) in [5.74, 6) is 0. The van der Waals surface area contributed by atoms with Crippen molar-refractivity contribution in [1.29, 1.82) is 0 Å². The van der Waals surface area contributed by atoms with E-state index < -0.39 is 17.3 Å². The molecule has 0 bridgehead atoms. The molecule has 0 radical (unpaired) electrons. The van der Waals surface area contributed by atoms with Crippen molar-refractivity contribution in [1.82, 2.24) is 0 Å². The molecule has 128 valence electrons. The third-order valence-corrected chi connectivity index (χ3v) is 3.88. The van der Waals surface area contributed by atoms with Gasteiger partial charge in [0.2, 0.25) is 0 Å². The highest BCUT2D eigenvalue weighted by Crippen LogP contribution is 2.25. The summed E-state index contributed by atoms with van der Waals surface area (Å²) in [6.07, 6.45) is 10.9. The second-order valence-electron chi connectivity index (χ2n) is 7.61. The Morgan fingerprint density at radius 3 is 1.76 bits per heavy atom. The first-order valence-corrected chi connectivity index (χ1v) is 8.79. The van der Waals surface area contributed by atoms with Crippen LogP contribution in [-0.4, -0.2) is 32.6 Å². The van der Waals surface area contributed by atoms with Crippen molar-refractivity contribution >= 4 is 0 Å². The second-order valence-corrected chi connectivity index (χ2v) is 7.61. The first-order valence-electron chi connectivity index (χ1n) is 8.79. The zero-order valence-electron chi connectivity index (χ0n) is 14.7. The predicted molar refractivity (Wildman–Crippen MR) is 89.4 cm³/mol. The van der Waals surface area contributed by atoms with Crippen LogP contribution in [0.25, 0.3) is 0 Å². The van der Waals surface area contributed by atoms with Crippen molar-refractivity contribution in [2.75, 3.05) is 0 Å². The lowest BCUT2D eigenvalue weighted by Crippen LogP contribution is -2.38.